The van der Waals surface area contributed by atoms with Gasteiger partial charge in [0.05, 0.1) is 0 Å². The number of carboxylic acids is 2. The number of hydrogen-bond acceptors (Lipinski definition) is 5. The van der Waals surface area contributed by atoms with E-state index in [1.165, 1.54) is 56.7 Å². The Morgan fingerprint density at radius 1 is 0.733 bits per heavy atom. The highest BCUT2D eigenvalue weighted by Gasteiger charge is 2.16. The summed E-state index contributed by atoms with van der Waals surface area (Å²) >= 11 is 0. The molecule has 7 nitrogen and oxygen atoms in total. The van der Waals surface area contributed by atoms with Gasteiger partial charge in [0.25, 0.3) is 0 Å². The maximum atomic E-state index is 9.10. The number of aryl methyl sites for hydroxylation is 1. The monoisotopic (exact) mass is 413 g/mol. The quantitative estimate of drug-likeness (QED) is 0.472. The van der Waals surface area contributed by atoms with Gasteiger partial charge in [-0.2, -0.15) is 0 Å². The second-order valence-electron chi connectivity index (χ2n) is 7.37. The Balaban J connectivity index is 0.000000469. The molecule has 0 unspecified atom stereocenters. The van der Waals surface area contributed by atoms with Gasteiger partial charge in [-0.05, 0) is 49.1 Å². The van der Waals surface area contributed by atoms with Crippen molar-refractivity contribution in [1.29, 1.82) is 0 Å². The van der Waals surface area contributed by atoms with Crippen LogP contribution >= 0.6 is 0 Å². The van der Waals surface area contributed by atoms with Crippen LogP contribution in [0.1, 0.15) is 17.5 Å². The summed E-state index contributed by atoms with van der Waals surface area (Å²) in [6.45, 7) is 7.18. The largest absolute Gasteiger partial charge is 0.473 e. The zero-order valence-corrected chi connectivity index (χ0v) is 17.2. The standard InChI is InChI=1S/C21H29N3.C2H2O4/c22-21-10-8-20(9-11-21)12-14-24-17-15-23(16-18-24)13-4-7-19-5-2-1-3-6-19;3-1(4)2(5)6/h1-3,5-6,8-11H,4,7,12-18,22H2;(H,3,4)(H,5,6). The van der Waals surface area contributed by atoms with Crippen molar-refractivity contribution in [3.63, 3.8) is 0 Å². The molecule has 0 saturated carbocycles. The first-order valence-electron chi connectivity index (χ1n) is 10.2. The van der Waals surface area contributed by atoms with Gasteiger partial charge in [-0.25, -0.2) is 9.59 Å². The van der Waals surface area contributed by atoms with Gasteiger partial charge in [-0.1, -0.05) is 42.5 Å². The number of carboxylic acid groups (broad SMARTS) is 2. The van der Waals surface area contributed by atoms with Crippen LogP contribution in [0.25, 0.3) is 0 Å². The van der Waals surface area contributed by atoms with Crippen molar-refractivity contribution in [3.05, 3.63) is 65.7 Å². The minimum absolute atomic E-state index is 0.850. The number of hydrogen-bond donors (Lipinski definition) is 3. The Bertz CT molecular complexity index is 761. The lowest BCUT2D eigenvalue weighted by molar-refractivity contribution is -0.159. The molecule has 2 aromatic carbocycles. The zero-order valence-electron chi connectivity index (χ0n) is 17.2. The molecule has 0 radical (unpaired) electrons. The Hall–Kier alpha value is -2.90. The van der Waals surface area contributed by atoms with E-state index in [4.69, 9.17) is 25.5 Å². The lowest BCUT2D eigenvalue weighted by Gasteiger charge is -2.34. The van der Waals surface area contributed by atoms with Crippen LogP contribution in [0.2, 0.25) is 0 Å². The number of nitrogens with zero attached hydrogens (tertiary/aromatic N) is 2. The highest BCUT2D eigenvalue weighted by molar-refractivity contribution is 6.27. The van der Waals surface area contributed by atoms with Gasteiger partial charge in [-0.3, -0.25) is 0 Å². The van der Waals surface area contributed by atoms with Gasteiger partial charge in [0.15, 0.2) is 0 Å². The average Bonchev–Trinajstić information content (AvgIpc) is 2.75. The molecule has 1 heterocycles. The fourth-order valence-electron chi connectivity index (χ4n) is 3.36. The maximum Gasteiger partial charge on any atom is 0.414 e. The van der Waals surface area contributed by atoms with Crippen LogP contribution in [-0.2, 0) is 22.4 Å². The first-order chi connectivity index (χ1) is 14.4. The predicted octanol–water partition coefficient (Wildman–Crippen LogP) is 2.22. The van der Waals surface area contributed by atoms with Gasteiger partial charge in [0.2, 0.25) is 0 Å². The van der Waals surface area contributed by atoms with Gasteiger partial charge in [0, 0.05) is 38.4 Å². The van der Waals surface area contributed by atoms with E-state index in [9.17, 15) is 0 Å². The summed E-state index contributed by atoms with van der Waals surface area (Å²) in [6, 6.07) is 19.1. The number of benzene rings is 2. The number of piperazine rings is 1. The number of nitrogen functional groups attached to an aromatic ring is 1. The van der Waals surface area contributed by atoms with E-state index in [2.05, 4.69) is 52.3 Å². The number of carbonyl (C=O) groups is 2. The molecule has 30 heavy (non-hydrogen) atoms. The van der Waals surface area contributed by atoms with Gasteiger partial charge in [-0.15, -0.1) is 0 Å². The molecule has 1 fully saturated rings. The molecule has 7 heteroatoms. The number of aliphatic carboxylic acids is 2. The van der Waals surface area contributed by atoms with E-state index in [0.717, 1.165) is 18.7 Å². The molecular weight excluding hydrogens is 382 g/mol. The Morgan fingerprint density at radius 3 is 1.77 bits per heavy atom. The molecule has 1 aliphatic rings. The van der Waals surface area contributed by atoms with Crippen LogP contribution in [0.5, 0.6) is 0 Å². The molecule has 0 aliphatic carbocycles. The maximum absolute atomic E-state index is 9.10. The van der Waals surface area contributed by atoms with Crippen LogP contribution < -0.4 is 5.73 Å². The smallest absolute Gasteiger partial charge is 0.414 e. The van der Waals surface area contributed by atoms with E-state index in [1.807, 2.05) is 12.1 Å². The normalized spacial score (nSPS) is 14.5. The van der Waals surface area contributed by atoms with Gasteiger partial charge in [0.1, 0.15) is 0 Å². The molecule has 3 rings (SSSR count). The van der Waals surface area contributed by atoms with Crippen LogP contribution in [0.3, 0.4) is 0 Å². The molecule has 1 saturated heterocycles. The minimum Gasteiger partial charge on any atom is -0.473 e. The summed E-state index contributed by atoms with van der Waals surface area (Å²) in [6.07, 6.45) is 3.57. The third kappa shape index (κ3) is 9.07. The van der Waals surface area contributed by atoms with Crippen LogP contribution in [-0.4, -0.2) is 71.2 Å². The van der Waals surface area contributed by atoms with Crippen LogP contribution in [0.4, 0.5) is 5.69 Å². The Kier molecular flexibility index (Phi) is 9.83. The first kappa shape index (κ1) is 23.4. The zero-order chi connectivity index (χ0) is 21.8. The average molecular weight is 414 g/mol. The molecule has 0 aromatic heterocycles. The third-order valence-corrected chi connectivity index (χ3v) is 5.13. The first-order valence-corrected chi connectivity index (χ1v) is 10.2. The van der Waals surface area contributed by atoms with Gasteiger partial charge < -0.3 is 25.7 Å². The fraction of sp³-hybridized carbons (Fsp3) is 0.391. The van der Waals surface area contributed by atoms with E-state index < -0.39 is 11.9 Å². The molecule has 0 bridgehead atoms. The van der Waals surface area contributed by atoms with Crippen LogP contribution in [0.15, 0.2) is 54.6 Å². The summed E-state index contributed by atoms with van der Waals surface area (Å²) in [5.41, 5.74) is 9.43. The molecule has 0 atom stereocenters. The van der Waals surface area contributed by atoms with Crippen molar-refractivity contribution < 1.29 is 19.8 Å². The second kappa shape index (κ2) is 12.6. The second-order valence-corrected chi connectivity index (χ2v) is 7.37. The van der Waals surface area contributed by atoms with Crippen molar-refractivity contribution in [2.24, 2.45) is 0 Å². The van der Waals surface area contributed by atoms with E-state index >= 15 is 0 Å². The number of anilines is 1. The lowest BCUT2D eigenvalue weighted by atomic mass is 10.1. The molecule has 162 valence electrons. The summed E-state index contributed by atoms with van der Waals surface area (Å²) in [4.78, 5) is 23.4. The van der Waals surface area contributed by atoms with Crippen molar-refractivity contribution in [1.82, 2.24) is 9.80 Å². The molecule has 1 aliphatic heterocycles. The Labute approximate surface area is 177 Å². The van der Waals surface area contributed by atoms with E-state index in [-0.39, 0.29) is 0 Å². The molecule has 0 spiro atoms. The third-order valence-electron chi connectivity index (χ3n) is 5.13. The minimum atomic E-state index is -1.82. The molecular formula is C23H31N3O4. The van der Waals surface area contributed by atoms with Crippen molar-refractivity contribution >= 4 is 17.6 Å². The lowest BCUT2D eigenvalue weighted by Crippen LogP contribution is -2.47. The summed E-state index contributed by atoms with van der Waals surface area (Å²) in [5.74, 6) is -3.65. The van der Waals surface area contributed by atoms with E-state index in [0.29, 0.717) is 0 Å². The van der Waals surface area contributed by atoms with E-state index in [1.54, 1.807) is 0 Å². The number of nitrogens with two attached hydrogens (primary N) is 1. The summed E-state index contributed by atoms with van der Waals surface area (Å²) in [5, 5.41) is 14.8. The van der Waals surface area contributed by atoms with Gasteiger partial charge >= 0.3 is 11.9 Å². The topological polar surface area (TPSA) is 107 Å². The van der Waals surface area contributed by atoms with Crippen molar-refractivity contribution in [3.8, 4) is 0 Å². The fourth-order valence-corrected chi connectivity index (χ4v) is 3.36. The summed E-state index contributed by atoms with van der Waals surface area (Å²) in [7, 11) is 0. The Morgan fingerprint density at radius 2 is 1.23 bits per heavy atom. The highest BCUT2D eigenvalue weighted by Crippen LogP contribution is 2.09. The highest BCUT2D eigenvalue weighted by atomic mass is 16.4. The number of rotatable bonds is 7. The predicted molar refractivity (Wildman–Crippen MR) is 117 cm³/mol. The van der Waals surface area contributed by atoms with Crippen LogP contribution in [0, 0.1) is 0 Å². The van der Waals surface area contributed by atoms with Crippen molar-refractivity contribution in [2.45, 2.75) is 19.3 Å². The SMILES string of the molecule is Nc1ccc(CCN2CCN(CCCc3ccccc3)CC2)cc1.O=C(O)C(=O)O. The molecule has 4 N–H and O–H groups in total. The molecule has 2 aromatic rings. The summed E-state index contributed by atoms with van der Waals surface area (Å²) < 4.78 is 0. The van der Waals surface area contributed by atoms with Crippen molar-refractivity contribution in [2.75, 3.05) is 45.0 Å². The molecule has 0 amide bonds.